The van der Waals surface area contributed by atoms with Crippen LogP contribution in [-0.2, 0) is 29.0 Å². The summed E-state index contributed by atoms with van der Waals surface area (Å²) in [7, 11) is 0. The van der Waals surface area contributed by atoms with Crippen molar-refractivity contribution in [2.45, 2.75) is 106 Å². The lowest BCUT2D eigenvalue weighted by Gasteiger charge is -2.41. The van der Waals surface area contributed by atoms with Crippen LogP contribution < -0.4 is 4.90 Å². The Hall–Kier alpha value is -3.23. The number of aromatic nitrogens is 2. The summed E-state index contributed by atoms with van der Waals surface area (Å²) in [5.74, 6) is -0.0995. The second kappa shape index (κ2) is 11.7. The van der Waals surface area contributed by atoms with Crippen molar-refractivity contribution in [1.82, 2.24) is 15.0 Å². The number of hydrogen-bond acceptors (Lipinski definition) is 7. The van der Waals surface area contributed by atoms with Crippen LogP contribution in [0.5, 0.6) is 0 Å². The number of pyridine rings is 1. The Bertz CT molecular complexity index is 1490. The van der Waals surface area contributed by atoms with Crippen LogP contribution in [0.2, 0.25) is 0 Å². The number of fused-ring (bicyclic) bond motifs is 1. The number of ether oxygens (including phenoxy) is 1. The van der Waals surface area contributed by atoms with Gasteiger partial charge >= 0.3 is 5.97 Å². The number of benzene rings is 1. The maximum absolute atomic E-state index is 12.8. The van der Waals surface area contributed by atoms with Gasteiger partial charge in [0.2, 0.25) is 0 Å². The van der Waals surface area contributed by atoms with Crippen LogP contribution in [0.15, 0.2) is 22.7 Å². The smallest absolute Gasteiger partial charge is 0.337 e. The Labute approximate surface area is 256 Å². The number of carboxylic acids is 1. The van der Waals surface area contributed by atoms with Crippen molar-refractivity contribution in [1.29, 1.82) is 0 Å². The van der Waals surface area contributed by atoms with Gasteiger partial charge in [0, 0.05) is 60.8 Å². The summed E-state index contributed by atoms with van der Waals surface area (Å²) in [5.41, 5.74) is 9.78. The maximum Gasteiger partial charge on any atom is 0.337 e. The summed E-state index contributed by atoms with van der Waals surface area (Å²) >= 11 is 0. The van der Waals surface area contributed by atoms with Crippen LogP contribution in [0.1, 0.15) is 98.7 Å². The van der Waals surface area contributed by atoms with E-state index >= 15 is 0 Å². The van der Waals surface area contributed by atoms with Crippen LogP contribution in [0.3, 0.4) is 0 Å². The first kappa shape index (κ1) is 31.2. The van der Waals surface area contributed by atoms with E-state index in [2.05, 4.69) is 53.9 Å². The number of rotatable bonds is 7. The second-order valence-corrected chi connectivity index (χ2v) is 14.3. The monoisotopic (exact) mass is 588 g/mol. The lowest BCUT2D eigenvalue weighted by molar-refractivity contribution is -0.160. The summed E-state index contributed by atoms with van der Waals surface area (Å²) in [6.45, 7) is 22.7. The van der Waals surface area contributed by atoms with Gasteiger partial charge in [-0.3, -0.25) is 9.88 Å². The SMILES string of the molecule is Cc1noc(C)c1CN1CCc2cc(-c3c(C)nc(C)c([C@H](OC(C)(C)C)C(=O)O)c3N3CCC(C)(C)CC3)ccc2C1. The molecular formula is C35H48N4O4. The van der Waals surface area contributed by atoms with Gasteiger partial charge in [-0.1, -0.05) is 37.2 Å². The number of aryl methyl sites for hydroxylation is 4. The summed E-state index contributed by atoms with van der Waals surface area (Å²) in [6, 6.07) is 6.75. The number of anilines is 1. The minimum atomic E-state index is -1.12. The standard InChI is InChI=1S/C35H48N4O4/c1-21-28(24(4)43-37-21)20-38-15-12-25-18-26(10-11-27(25)19-38)29-22(2)36-23(3)30(32(33(40)41)42-34(5,6)7)31(29)39-16-13-35(8,9)14-17-39/h10-11,18,32H,12-17,19-20H2,1-9H3,(H,40,41)/t32-/m0/s1. The van der Waals surface area contributed by atoms with Crippen molar-refractivity contribution in [3.63, 3.8) is 0 Å². The van der Waals surface area contributed by atoms with E-state index in [-0.39, 0.29) is 5.41 Å². The van der Waals surface area contributed by atoms with Crippen molar-refractivity contribution in [2.75, 3.05) is 24.5 Å². The number of piperidine rings is 1. The summed E-state index contributed by atoms with van der Waals surface area (Å²) < 4.78 is 11.6. The third kappa shape index (κ3) is 6.65. The minimum Gasteiger partial charge on any atom is -0.479 e. The van der Waals surface area contributed by atoms with Crippen LogP contribution in [0.25, 0.3) is 11.1 Å². The molecule has 0 saturated carbocycles. The zero-order valence-corrected chi connectivity index (χ0v) is 27.4. The molecule has 2 aliphatic rings. The Balaban J connectivity index is 1.58. The van der Waals surface area contributed by atoms with Gasteiger partial charge < -0.3 is 19.3 Å². The zero-order chi connectivity index (χ0) is 31.3. The summed E-state index contributed by atoms with van der Waals surface area (Å²) in [4.78, 5) is 22.6. The van der Waals surface area contributed by atoms with Gasteiger partial charge in [0.05, 0.1) is 17.0 Å². The molecule has 0 aliphatic carbocycles. The minimum absolute atomic E-state index is 0.253. The van der Waals surface area contributed by atoms with E-state index in [9.17, 15) is 9.90 Å². The Kier molecular flexibility index (Phi) is 8.49. The van der Waals surface area contributed by atoms with E-state index in [0.717, 1.165) is 85.9 Å². The molecule has 1 atom stereocenters. The summed E-state index contributed by atoms with van der Waals surface area (Å²) in [6.07, 6.45) is 1.90. The molecule has 0 bridgehead atoms. The van der Waals surface area contributed by atoms with Gasteiger partial charge in [-0.05, 0) is 89.8 Å². The fourth-order valence-electron chi connectivity index (χ4n) is 6.61. The number of hydrogen-bond donors (Lipinski definition) is 1. The molecule has 0 radical (unpaired) electrons. The van der Waals surface area contributed by atoms with E-state index in [1.807, 2.05) is 41.5 Å². The van der Waals surface area contributed by atoms with E-state index in [4.69, 9.17) is 14.2 Å². The fourth-order valence-corrected chi connectivity index (χ4v) is 6.61. The highest BCUT2D eigenvalue weighted by molar-refractivity contribution is 5.88. The third-order valence-corrected chi connectivity index (χ3v) is 9.12. The highest BCUT2D eigenvalue weighted by Crippen LogP contribution is 2.45. The van der Waals surface area contributed by atoms with Crippen molar-refractivity contribution in [3.8, 4) is 11.1 Å². The summed E-state index contributed by atoms with van der Waals surface area (Å²) in [5, 5.41) is 14.6. The molecule has 0 amide bonds. The molecule has 2 aromatic heterocycles. The van der Waals surface area contributed by atoms with Crippen LogP contribution in [0, 0.1) is 33.1 Å². The molecule has 43 heavy (non-hydrogen) atoms. The molecule has 8 nitrogen and oxygen atoms in total. The van der Waals surface area contributed by atoms with Gasteiger partial charge in [0.25, 0.3) is 0 Å². The average molecular weight is 589 g/mol. The van der Waals surface area contributed by atoms with E-state index in [0.29, 0.717) is 11.3 Å². The van der Waals surface area contributed by atoms with Crippen LogP contribution in [-0.4, -0.2) is 51.4 Å². The lowest BCUT2D eigenvalue weighted by atomic mass is 9.81. The third-order valence-electron chi connectivity index (χ3n) is 9.12. The van der Waals surface area contributed by atoms with Crippen molar-refractivity contribution >= 4 is 11.7 Å². The fraction of sp³-hybridized carbons (Fsp3) is 0.571. The first-order chi connectivity index (χ1) is 20.1. The quantitative estimate of drug-likeness (QED) is 0.313. The van der Waals surface area contributed by atoms with Crippen molar-refractivity contribution in [3.05, 3.63) is 63.3 Å². The number of carboxylic acid groups (broad SMARTS) is 1. The highest BCUT2D eigenvalue weighted by atomic mass is 16.5. The normalized spacial score (nSPS) is 18.0. The molecule has 5 rings (SSSR count). The Morgan fingerprint density at radius 2 is 1.74 bits per heavy atom. The Morgan fingerprint density at radius 1 is 1.05 bits per heavy atom. The van der Waals surface area contributed by atoms with Crippen molar-refractivity contribution in [2.24, 2.45) is 5.41 Å². The molecule has 0 unspecified atom stereocenters. The number of carbonyl (C=O) groups is 1. The predicted octanol–water partition coefficient (Wildman–Crippen LogP) is 7.10. The molecule has 4 heterocycles. The molecule has 1 saturated heterocycles. The van der Waals surface area contributed by atoms with Crippen LogP contribution in [0.4, 0.5) is 5.69 Å². The van der Waals surface area contributed by atoms with Gasteiger partial charge in [0.15, 0.2) is 6.10 Å². The van der Waals surface area contributed by atoms with Gasteiger partial charge in [0.1, 0.15) is 5.76 Å². The van der Waals surface area contributed by atoms with E-state index in [1.54, 1.807) is 0 Å². The highest BCUT2D eigenvalue weighted by Gasteiger charge is 2.36. The van der Waals surface area contributed by atoms with E-state index < -0.39 is 17.7 Å². The molecule has 2 aliphatic heterocycles. The van der Waals surface area contributed by atoms with Crippen LogP contribution >= 0.6 is 0 Å². The molecule has 3 aromatic rings. The largest absolute Gasteiger partial charge is 0.479 e. The van der Waals surface area contributed by atoms with Crippen molar-refractivity contribution < 1.29 is 19.2 Å². The first-order valence-electron chi connectivity index (χ1n) is 15.6. The van der Waals surface area contributed by atoms with Gasteiger partial charge in [-0.2, -0.15) is 0 Å². The molecule has 1 fully saturated rings. The molecule has 8 heteroatoms. The number of aliphatic carboxylic acids is 1. The maximum atomic E-state index is 12.8. The van der Waals surface area contributed by atoms with Gasteiger partial charge in [-0.15, -0.1) is 0 Å². The molecule has 1 N–H and O–H groups in total. The molecule has 0 spiro atoms. The number of nitrogens with zero attached hydrogens (tertiary/aromatic N) is 4. The average Bonchev–Trinajstić information content (AvgIpc) is 3.23. The topological polar surface area (TPSA) is 91.9 Å². The molecular weight excluding hydrogens is 540 g/mol. The van der Waals surface area contributed by atoms with Gasteiger partial charge in [-0.25, -0.2) is 4.79 Å². The predicted molar refractivity (Wildman–Crippen MR) is 169 cm³/mol. The molecule has 1 aromatic carbocycles. The van der Waals surface area contributed by atoms with E-state index in [1.165, 1.54) is 16.7 Å². The Morgan fingerprint density at radius 3 is 2.35 bits per heavy atom. The second-order valence-electron chi connectivity index (χ2n) is 14.3. The lowest BCUT2D eigenvalue weighted by Crippen LogP contribution is -2.39. The zero-order valence-electron chi connectivity index (χ0n) is 27.4. The first-order valence-corrected chi connectivity index (χ1v) is 15.6. The molecule has 232 valence electrons.